The molecule has 88 valence electrons. The molecule has 15 heavy (non-hydrogen) atoms. The maximum absolute atomic E-state index is 11.3. The largest absolute Gasteiger partial charge is 0.351 e. The second-order valence-corrected chi connectivity index (χ2v) is 5.25. The first-order valence-electron chi connectivity index (χ1n) is 5.69. The number of carbonyl (C=O) groups excluding carboxylic acids is 1. The van der Waals surface area contributed by atoms with Crippen LogP contribution < -0.4 is 10.6 Å². The van der Waals surface area contributed by atoms with Gasteiger partial charge in [0.1, 0.15) is 0 Å². The van der Waals surface area contributed by atoms with Crippen molar-refractivity contribution in [2.45, 2.75) is 32.7 Å². The average molecular weight is 277 g/mol. The number of amides is 1. The van der Waals surface area contributed by atoms with E-state index in [1.54, 1.807) is 0 Å². The van der Waals surface area contributed by atoms with E-state index in [4.69, 9.17) is 0 Å². The van der Waals surface area contributed by atoms with Crippen LogP contribution in [0.4, 0.5) is 0 Å². The summed E-state index contributed by atoms with van der Waals surface area (Å²) in [4.78, 5) is 11.3. The summed E-state index contributed by atoms with van der Waals surface area (Å²) in [5, 5.41) is 6.81. The van der Waals surface area contributed by atoms with Crippen LogP contribution >= 0.6 is 15.9 Å². The van der Waals surface area contributed by atoms with E-state index in [0.717, 1.165) is 13.1 Å². The number of hydrogen-bond donors (Lipinski definition) is 2. The fourth-order valence-corrected chi connectivity index (χ4v) is 2.38. The van der Waals surface area contributed by atoms with Crippen LogP contribution in [0.2, 0.25) is 0 Å². The molecule has 1 saturated heterocycles. The third-order valence-electron chi connectivity index (χ3n) is 2.87. The summed E-state index contributed by atoms with van der Waals surface area (Å²) in [6.07, 6.45) is 2.38. The molecule has 3 nitrogen and oxygen atoms in total. The first-order valence-corrected chi connectivity index (χ1v) is 6.81. The van der Waals surface area contributed by atoms with Gasteiger partial charge < -0.3 is 10.6 Å². The molecule has 1 fully saturated rings. The zero-order valence-corrected chi connectivity index (χ0v) is 11.1. The van der Waals surface area contributed by atoms with Gasteiger partial charge in [-0.25, -0.2) is 0 Å². The molecule has 0 spiro atoms. The highest BCUT2D eigenvalue weighted by Crippen LogP contribution is 2.21. The Balaban J connectivity index is 2.45. The van der Waals surface area contributed by atoms with E-state index >= 15 is 0 Å². The predicted octanol–water partition coefficient (Wildman–Crippen LogP) is 1.52. The molecule has 1 aliphatic heterocycles. The fourth-order valence-electron chi connectivity index (χ4n) is 2.21. The lowest BCUT2D eigenvalue weighted by Crippen LogP contribution is -2.51. The quantitative estimate of drug-likeness (QED) is 0.765. The SMILES string of the molecule is CC(C)CC1CCNCC1NC(=O)CBr. The van der Waals surface area contributed by atoms with Gasteiger partial charge in [-0.2, -0.15) is 0 Å². The van der Waals surface area contributed by atoms with Crippen molar-refractivity contribution in [2.24, 2.45) is 11.8 Å². The number of halogens is 1. The van der Waals surface area contributed by atoms with Crippen LogP contribution in [0.5, 0.6) is 0 Å². The van der Waals surface area contributed by atoms with Crippen molar-refractivity contribution in [3.63, 3.8) is 0 Å². The molecule has 1 amide bonds. The van der Waals surface area contributed by atoms with Crippen molar-refractivity contribution < 1.29 is 4.79 Å². The van der Waals surface area contributed by atoms with E-state index in [-0.39, 0.29) is 5.91 Å². The van der Waals surface area contributed by atoms with Gasteiger partial charge in [-0.05, 0) is 31.2 Å². The smallest absolute Gasteiger partial charge is 0.230 e. The molecule has 2 N–H and O–H groups in total. The highest BCUT2D eigenvalue weighted by molar-refractivity contribution is 9.09. The van der Waals surface area contributed by atoms with Crippen molar-refractivity contribution in [1.29, 1.82) is 0 Å². The number of rotatable bonds is 4. The van der Waals surface area contributed by atoms with Crippen molar-refractivity contribution in [3.05, 3.63) is 0 Å². The minimum absolute atomic E-state index is 0.0949. The summed E-state index contributed by atoms with van der Waals surface area (Å²) < 4.78 is 0. The molecule has 0 aromatic heterocycles. The number of piperidine rings is 1. The Hall–Kier alpha value is -0.0900. The Morgan fingerprint density at radius 1 is 1.60 bits per heavy atom. The molecule has 0 aliphatic carbocycles. The topological polar surface area (TPSA) is 41.1 Å². The van der Waals surface area contributed by atoms with Crippen LogP contribution in [0, 0.1) is 11.8 Å². The predicted molar refractivity (Wildman–Crippen MR) is 66.2 cm³/mol. The third kappa shape index (κ3) is 4.51. The standard InChI is InChI=1S/C11H21BrN2O/c1-8(2)5-9-3-4-13-7-10(9)14-11(15)6-12/h8-10,13H,3-7H2,1-2H3,(H,14,15). The molecule has 0 aromatic carbocycles. The summed E-state index contributed by atoms with van der Waals surface area (Å²) >= 11 is 3.18. The molecule has 2 unspecified atom stereocenters. The summed E-state index contributed by atoms with van der Waals surface area (Å²) in [6, 6.07) is 0.311. The van der Waals surface area contributed by atoms with Gasteiger partial charge in [-0.3, -0.25) is 4.79 Å². The van der Waals surface area contributed by atoms with Gasteiger partial charge in [-0.15, -0.1) is 0 Å². The van der Waals surface area contributed by atoms with Gasteiger partial charge in [0.05, 0.1) is 5.33 Å². The maximum Gasteiger partial charge on any atom is 0.230 e. The second-order valence-electron chi connectivity index (χ2n) is 4.69. The lowest BCUT2D eigenvalue weighted by atomic mass is 9.85. The number of nitrogens with one attached hydrogen (secondary N) is 2. The molecule has 4 heteroatoms. The van der Waals surface area contributed by atoms with Gasteiger partial charge >= 0.3 is 0 Å². The Morgan fingerprint density at radius 3 is 2.93 bits per heavy atom. The monoisotopic (exact) mass is 276 g/mol. The molecular formula is C11H21BrN2O. The highest BCUT2D eigenvalue weighted by Gasteiger charge is 2.26. The summed E-state index contributed by atoms with van der Waals surface area (Å²) in [6.45, 7) is 6.48. The Labute approximate surface area is 101 Å². The molecule has 2 atom stereocenters. The maximum atomic E-state index is 11.3. The third-order valence-corrected chi connectivity index (χ3v) is 3.38. The number of alkyl halides is 1. The summed E-state index contributed by atoms with van der Waals surface area (Å²) in [5.41, 5.74) is 0. The molecular weight excluding hydrogens is 256 g/mol. The van der Waals surface area contributed by atoms with Crippen LogP contribution in [0.1, 0.15) is 26.7 Å². The van der Waals surface area contributed by atoms with E-state index < -0.39 is 0 Å². The first kappa shape index (κ1) is 13.0. The minimum atomic E-state index is 0.0949. The summed E-state index contributed by atoms with van der Waals surface area (Å²) in [7, 11) is 0. The zero-order chi connectivity index (χ0) is 11.3. The van der Waals surface area contributed by atoms with Crippen LogP contribution in [0.3, 0.4) is 0 Å². The van der Waals surface area contributed by atoms with E-state index in [0.29, 0.717) is 23.2 Å². The summed E-state index contributed by atoms with van der Waals surface area (Å²) in [5.74, 6) is 1.43. The van der Waals surface area contributed by atoms with Crippen LogP contribution in [-0.4, -0.2) is 30.4 Å². The Bertz CT molecular complexity index is 209. The van der Waals surface area contributed by atoms with E-state index in [9.17, 15) is 4.79 Å². The van der Waals surface area contributed by atoms with Crippen molar-refractivity contribution in [1.82, 2.24) is 10.6 Å². The van der Waals surface area contributed by atoms with Crippen molar-refractivity contribution in [3.8, 4) is 0 Å². The van der Waals surface area contributed by atoms with Gasteiger partial charge in [0.25, 0.3) is 0 Å². The van der Waals surface area contributed by atoms with Gasteiger partial charge in [-0.1, -0.05) is 29.8 Å². The van der Waals surface area contributed by atoms with E-state index in [1.807, 2.05) is 0 Å². The van der Waals surface area contributed by atoms with Crippen molar-refractivity contribution >= 4 is 21.8 Å². The lowest BCUT2D eigenvalue weighted by Gasteiger charge is -2.33. The normalized spacial score (nSPS) is 26.7. The van der Waals surface area contributed by atoms with E-state index in [2.05, 4.69) is 40.4 Å². The Kier molecular flexibility index (Phi) is 5.61. The molecule has 1 heterocycles. The number of hydrogen-bond acceptors (Lipinski definition) is 2. The molecule has 0 radical (unpaired) electrons. The average Bonchev–Trinajstić information content (AvgIpc) is 2.20. The molecule has 1 rings (SSSR count). The Morgan fingerprint density at radius 2 is 2.33 bits per heavy atom. The van der Waals surface area contributed by atoms with Crippen LogP contribution in [0.25, 0.3) is 0 Å². The molecule has 0 bridgehead atoms. The number of carbonyl (C=O) groups is 1. The minimum Gasteiger partial charge on any atom is -0.351 e. The van der Waals surface area contributed by atoms with Crippen LogP contribution in [-0.2, 0) is 4.79 Å². The van der Waals surface area contributed by atoms with Gasteiger partial charge in [0.2, 0.25) is 5.91 Å². The second kappa shape index (κ2) is 6.48. The van der Waals surface area contributed by atoms with Gasteiger partial charge in [0.15, 0.2) is 0 Å². The first-order chi connectivity index (χ1) is 7.13. The highest BCUT2D eigenvalue weighted by atomic mass is 79.9. The molecule has 1 aliphatic rings. The van der Waals surface area contributed by atoms with Gasteiger partial charge in [0, 0.05) is 12.6 Å². The molecule has 0 saturated carbocycles. The van der Waals surface area contributed by atoms with Crippen molar-refractivity contribution in [2.75, 3.05) is 18.4 Å². The van der Waals surface area contributed by atoms with Crippen LogP contribution in [0.15, 0.2) is 0 Å². The molecule has 0 aromatic rings. The lowest BCUT2D eigenvalue weighted by molar-refractivity contribution is -0.119. The fraction of sp³-hybridized carbons (Fsp3) is 0.909. The van der Waals surface area contributed by atoms with E-state index in [1.165, 1.54) is 12.8 Å². The zero-order valence-electron chi connectivity index (χ0n) is 9.55.